The molecule has 0 fully saturated rings. The molecular weight excluding hydrogens is 366 g/mol. The Bertz CT molecular complexity index is 1050. The van der Waals surface area contributed by atoms with E-state index in [1.165, 1.54) is 5.56 Å². The van der Waals surface area contributed by atoms with Gasteiger partial charge in [0, 0.05) is 24.5 Å². The number of rotatable bonds is 8. The average molecular weight is 395 g/mol. The maximum Gasteiger partial charge on any atom is 0.336 e. The molecule has 0 saturated heterocycles. The summed E-state index contributed by atoms with van der Waals surface area (Å²) in [6, 6.07) is 11.7. The van der Waals surface area contributed by atoms with Gasteiger partial charge >= 0.3 is 5.63 Å². The molecule has 1 aromatic heterocycles. The van der Waals surface area contributed by atoms with Crippen LogP contribution in [-0.2, 0) is 13.1 Å². The fourth-order valence-electron chi connectivity index (χ4n) is 3.48. The minimum Gasteiger partial charge on any atom is -0.493 e. The van der Waals surface area contributed by atoms with Gasteiger partial charge in [-0.1, -0.05) is 13.0 Å². The third kappa shape index (κ3) is 4.80. The van der Waals surface area contributed by atoms with E-state index in [4.69, 9.17) is 13.9 Å². The molecule has 0 aliphatic carbocycles. The van der Waals surface area contributed by atoms with Crippen LogP contribution in [-0.4, -0.2) is 25.2 Å². The van der Waals surface area contributed by atoms with Gasteiger partial charge in [0.25, 0.3) is 0 Å². The zero-order valence-corrected chi connectivity index (χ0v) is 17.9. The third-order valence-corrected chi connectivity index (χ3v) is 5.22. The Balaban J connectivity index is 1.89. The maximum absolute atomic E-state index is 12.1. The van der Waals surface area contributed by atoms with Crippen LogP contribution < -0.4 is 15.1 Å². The van der Waals surface area contributed by atoms with Crippen LogP contribution in [0.3, 0.4) is 0 Å². The molecular formula is C24H29NO4. The first-order chi connectivity index (χ1) is 13.9. The number of methoxy groups -OCH3 is 1. The molecule has 5 nitrogen and oxygen atoms in total. The molecule has 0 radical (unpaired) electrons. The molecule has 1 heterocycles. The SMILES string of the molecule is CCOc1ccc(CN(CC)Cc2cc(=O)oc3cc(C)c(C)cc23)cc1OC. The standard InChI is InChI=1S/C24H29NO4/c1-6-25(14-18-8-9-21(28-7-2)23(12-18)27-5)15-19-13-24(26)29-22-11-17(4)16(3)10-20(19)22/h8-13H,6-7,14-15H2,1-5H3. The van der Waals surface area contributed by atoms with Gasteiger partial charge in [-0.15, -0.1) is 0 Å². The molecule has 0 saturated carbocycles. The van der Waals surface area contributed by atoms with Crippen molar-refractivity contribution in [2.75, 3.05) is 20.3 Å². The zero-order chi connectivity index (χ0) is 21.0. The van der Waals surface area contributed by atoms with Gasteiger partial charge in [-0.05, 0) is 73.8 Å². The molecule has 3 aromatic rings. The van der Waals surface area contributed by atoms with Gasteiger partial charge in [-0.2, -0.15) is 0 Å². The van der Waals surface area contributed by atoms with E-state index in [0.717, 1.165) is 46.7 Å². The Hall–Kier alpha value is -2.79. The molecule has 0 atom stereocenters. The van der Waals surface area contributed by atoms with Crippen LogP contribution in [0.1, 0.15) is 36.1 Å². The quantitative estimate of drug-likeness (QED) is 0.511. The molecule has 29 heavy (non-hydrogen) atoms. The van der Waals surface area contributed by atoms with E-state index in [2.05, 4.69) is 30.9 Å². The van der Waals surface area contributed by atoms with Crippen LogP contribution in [0, 0.1) is 13.8 Å². The topological polar surface area (TPSA) is 51.9 Å². The highest BCUT2D eigenvalue weighted by atomic mass is 16.5. The summed E-state index contributed by atoms with van der Waals surface area (Å²) >= 11 is 0. The van der Waals surface area contributed by atoms with Crippen molar-refractivity contribution >= 4 is 11.0 Å². The van der Waals surface area contributed by atoms with Crippen molar-refractivity contribution < 1.29 is 13.9 Å². The summed E-state index contributed by atoms with van der Waals surface area (Å²) in [6.45, 7) is 11.0. The van der Waals surface area contributed by atoms with E-state index in [1.54, 1.807) is 13.2 Å². The number of ether oxygens (including phenoxy) is 2. The normalized spacial score (nSPS) is 11.2. The molecule has 154 valence electrons. The van der Waals surface area contributed by atoms with Crippen LogP contribution >= 0.6 is 0 Å². The minimum atomic E-state index is -0.311. The molecule has 0 aliphatic heterocycles. The summed E-state index contributed by atoms with van der Waals surface area (Å²) in [4.78, 5) is 14.4. The molecule has 0 unspecified atom stereocenters. The number of hydrogen-bond donors (Lipinski definition) is 0. The molecule has 0 N–H and O–H groups in total. The predicted molar refractivity (Wildman–Crippen MR) is 116 cm³/mol. The fourth-order valence-corrected chi connectivity index (χ4v) is 3.48. The van der Waals surface area contributed by atoms with E-state index in [9.17, 15) is 4.79 Å². The molecule has 0 amide bonds. The molecule has 0 aliphatic rings. The summed E-state index contributed by atoms with van der Waals surface area (Å²) in [7, 11) is 1.65. The van der Waals surface area contributed by atoms with Crippen molar-refractivity contribution in [2.45, 2.75) is 40.8 Å². The Labute approximate surface area is 171 Å². The molecule has 0 bridgehead atoms. The van der Waals surface area contributed by atoms with Crippen molar-refractivity contribution in [2.24, 2.45) is 0 Å². The lowest BCUT2D eigenvalue weighted by Crippen LogP contribution is -2.23. The van der Waals surface area contributed by atoms with Gasteiger partial charge in [0.2, 0.25) is 0 Å². The molecule has 3 rings (SSSR count). The van der Waals surface area contributed by atoms with E-state index in [0.29, 0.717) is 18.7 Å². The third-order valence-electron chi connectivity index (χ3n) is 5.22. The smallest absolute Gasteiger partial charge is 0.336 e. The highest BCUT2D eigenvalue weighted by Gasteiger charge is 2.13. The van der Waals surface area contributed by atoms with E-state index >= 15 is 0 Å². The second kappa shape index (κ2) is 9.14. The van der Waals surface area contributed by atoms with Gasteiger partial charge in [0.05, 0.1) is 13.7 Å². The van der Waals surface area contributed by atoms with Crippen LogP contribution in [0.2, 0.25) is 0 Å². The van der Waals surface area contributed by atoms with Crippen molar-refractivity contribution in [3.05, 3.63) is 69.1 Å². The average Bonchev–Trinajstić information content (AvgIpc) is 2.70. The summed E-state index contributed by atoms with van der Waals surface area (Å²) in [5.41, 5.74) is 4.76. The van der Waals surface area contributed by atoms with E-state index in [-0.39, 0.29) is 5.63 Å². The number of nitrogens with zero attached hydrogens (tertiary/aromatic N) is 1. The van der Waals surface area contributed by atoms with Crippen molar-refractivity contribution in [3.63, 3.8) is 0 Å². The van der Waals surface area contributed by atoms with E-state index < -0.39 is 0 Å². The number of hydrogen-bond acceptors (Lipinski definition) is 5. The zero-order valence-electron chi connectivity index (χ0n) is 17.9. The van der Waals surface area contributed by atoms with Gasteiger partial charge in [0.15, 0.2) is 11.5 Å². The summed E-state index contributed by atoms with van der Waals surface area (Å²) in [5.74, 6) is 1.48. The Kier molecular flexibility index (Phi) is 6.60. The first-order valence-corrected chi connectivity index (χ1v) is 10.0. The second-order valence-corrected chi connectivity index (χ2v) is 7.24. The lowest BCUT2D eigenvalue weighted by atomic mass is 10.0. The Morgan fingerprint density at radius 2 is 1.72 bits per heavy atom. The van der Waals surface area contributed by atoms with Crippen molar-refractivity contribution in [1.29, 1.82) is 0 Å². The largest absolute Gasteiger partial charge is 0.493 e. The number of benzene rings is 2. The Morgan fingerprint density at radius 3 is 2.41 bits per heavy atom. The molecule has 0 spiro atoms. The molecule has 2 aromatic carbocycles. The number of aryl methyl sites for hydroxylation is 2. The summed E-state index contributed by atoms with van der Waals surface area (Å²) in [5, 5.41) is 0.996. The highest BCUT2D eigenvalue weighted by molar-refractivity contribution is 5.81. The van der Waals surface area contributed by atoms with Crippen LogP contribution in [0.25, 0.3) is 11.0 Å². The van der Waals surface area contributed by atoms with Gasteiger partial charge in [-0.25, -0.2) is 4.79 Å². The fraction of sp³-hybridized carbons (Fsp3) is 0.375. The summed E-state index contributed by atoms with van der Waals surface area (Å²) in [6.07, 6.45) is 0. The van der Waals surface area contributed by atoms with Gasteiger partial charge < -0.3 is 13.9 Å². The van der Waals surface area contributed by atoms with Gasteiger partial charge in [-0.3, -0.25) is 4.90 Å². The second-order valence-electron chi connectivity index (χ2n) is 7.24. The lowest BCUT2D eigenvalue weighted by molar-refractivity contribution is 0.270. The van der Waals surface area contributed by atoms with Crippen molar-refractivity contribution in [1.82, 2.24) is 4.90 Å². The van der Waals surface area contributed by atoms with E-state index in [1.807, 2.05) is 32.0 Å². The number of fused-ring (bicyclic) bond motifs is 1. The monoisotopic (exact) mass is 395 g/mol. The molecule has 5 heteroatoms. The lowest BCUT2D eigenvalue weighted by Gasteiger charge is -2.22. The summed E-state index contributed by atoms with van der Waals surface area (Å²) < 4.78 is 16.5. The first kappa shape index (κ1) is 20.9. The first-order valence-electron chi connectivity index (χ1n) is 10.0. The minimum absolute atomic E-state index is 0.311. The van der Waals surface area contributed by atoms with Crippen molar-refractivity contribution in [3.8, 4) is 11.5 Å². The van der Waals surface area contributed by atoms with Crippen LogP contribution in [0.5, 0.6) is 11.5 Å². The van der Waals surface area contributed by atoms with Gasteiger partial charge in [0.1, 0.15) is 5.58 Å². The highest BCUT2D eigenvalue weighted by Crippen LogP contribution is 2.29. The predicted octanol–water partition coefficient (Wildman–Crippen LogP) is 4.84. The van der Waals surface area contributed by atoms with Crippen LogP contribution in [0.15, 0.2) is 45.6 Å². The Morgan fingerprint density at radius 1 is 0.966 bits per heavy atom. The van der Waals surface area contributed by atoms with Crippen LogP contribution in [0.4, 0.5) is 0 Å². The maximum atomic E-state index is 12.1.